The van der Waals surface area contributed by atoms with Gasteiger partial charge in [-0.3, -0.25) is 0 Å². The Morgan fingerprint density at radius 3 is 1.66 bits per heavy atom. The van der Waals surface area contributed by atoms with Crippen molar-refractivity contribution in [3.8, 4) is 44.5 Å². The fourth-order valence-electron chi connectivity index (χ4n) is 14.1. The first-order chi connectivity index (χ1) is 37.7. The van der Waals surface area contributed by atoms with Crippen molar-refractivity contribution in [1.29, 1.82) is 0 Å². The molecular weight excluding hydrogens is 935 g/mol. The van der Waals surface area contributed by atoms with E-state index in [1.54, 1.807) is 0 Å². The van der Waals surface area contributed by atoms with Crippen LogP contribution < -0.4 is 4.90 Å². The van der Waals surface area contributed by atoms with Crippen molar-refractivity contribution in [1.82, 2.24) is 0 Å². The Hall–Kier alpha value is -9.26. The van der Waals surface area contributed by atoms with Crippen LogP contribution in [0, 0.1) is 12.1 Å². The average Bonchev–Trinajstić information content (AvgIpc) is 4.40. The molecular formula is C74H47NS. The third kappa shape index (κ3) is 5.87. The lowest BCUT2D eigenvalue weighted by Gasteiger charge is -2.35. The molecule has 1 aromatic heterocycles. The van der Waals surface area contributed by atoms with Gasteiger partial charge in [0, 0.05) is 32.2 Å². The molecule has 0 saturated carbocycles. The smallest absolute Gasteiger partial charge is 0.0722 e. The lowest BCUT2D eigenvalue weighted by molar-refractivity contribution is 0.769. The molecule has 354 valence electrons. The Kier molecular flexibility index (Phi) is 9.44. The highest BCUT2D eigenvalue weighted by atomic mass is 32.1. The van der Waals surface area contributed by atoms with Gasteiger partial charge < -0.3 is 4.90 Å². The van der Waals surface area contributed by atoms with Gasteiger partial charge in [0.1, 0.15) is 0 Å². The first-order valence-electron chi connectivity index (χ1n) is 26.6. The van der Waals surface area contributed by atoms with Crippen LogP contribution in [0.2, 0.25) is 0 Å². The summed E-state index contributed by atoms with van der Waals surface area (Å²) in [6.45, 7) is 0. The van der Waals surface area contributed by atoms with Crippen LogP contribution in [-0.4, -0.2) is 0 Å². The van der Waals surface area contributed by atoms with E-state index in [1.165, 1.54) is 126 Å². The van der Waals surface area contributed by atoms with Crippen LogP contribution in [-0.2, 0) is 10.8 Å². The van der Waals surface area contributed by atoms with Crippen molar-refractivity contribution in [2.75, 3.05) is 4.90 Å². The van der Waals surface area contributed by atoms with E-state index in [0.717, 1.165) is 24.1 Å². The van der Waals surface area contributed by atoms with E-state index in [-0.39, 0.29) is 0 Å². The van der Waals surface area contributed by atoms with Gasteiger partial charge in [-0.25, -0.2) is 0 Å². The standard InChI is InChI=1S/C74H47NS/c1-3-22-48(23-4-1)50-26-17-28-52(46-50)73(53-29-18-27-51(47-53)49-24-5-2-6-25-49)62-38-14-9-33-58(62)70-64(73)40-20-42-66(70)75(68-44-19-35-57-56-32-11-16-45-69(56)76-72(57)68)67-43-21-41-65-71(67)59-34-10-15-39-63(59)74(65)60-36-12-7-30-54(60)55-31-8-13-37-61(55)74/h1-8,11-32,35-47H,10,34H2. The van der Waals surface area contributed by atoms with Gasteiger partial charge in [-0.05, 0) is 145 Å². The molecule has 0 N–H and O–H groups in total. The normalized spacial score (nSPS) is 14.7. The van der Waals surface area contributed by atoms with Crippen LogP contribution in [0.15, 0.2) is 266 Å². The Morgan fingerprint density at radius 2 is 0.961 bits per heavy atom. The zero-order chi connectivity index (χ0) is 50.0. The quantitative estimate of drug-likeness (QED) is 0.154. The van der Waals surface area contributed by atoms with Crippen LogP contribution in [0.25, 0.3) is 70.3 Å². The van der Waals surface area contributed by atoms with Gasteiger partial charge >= 0.3 is 0 Å². The molecule has 0 fully saturated rings. The van der Waals surface area contributed by atoms with Crippen LogP contribution in [0.4, 0.5) is 17.1 Å². The van der Waals surface area contributed by atoms with Crippen LogP contribution >= 0.6 is 11.3 Å². The third-order valence-electron chi connectivity index (χ3n) is 17.1. The highest BCUT2D eigenvalue weighted by Crippen LogP contribution is 2.66. The first kappa shape index (κ1) is 43.2. The molecule has 1 spiro atoms. The van der Waals surface area contributed by atoms with Crippen LogP contribution in [0.3, 0.4) is 0 Å². The highest BCUT2D eigenvalue weighted by Gasteiger charge is 2.54. The van der Waals surface area contributed by atoms with Crippen molar-refractivity contribution >= 4 is 54.1 Å². The van der Waals surface area contributed by atoms with Gasteiger partial charge in [0.15, 0.2) is 0 Å². The molecule has 76 heavy (non-hydrogen) atoms. The molecule has 0 radical (unpaired) electrons. The number of hydrogen-bond acceptors (Lipinski definition) is 2. The topological polar surface area (TPSA) is 3.24 Å². The highest BCUT2D eigenvalue weighted by molar-refractivity contribution is 7.26. The van der Waals surface area contributed by atoms with E-state index in [9.17, 15) is 0 Å². The average molecular weight is 982 g/mol. The van der Waals surface area contributed by atoms with Gasteiger partial charge in [-0.1, -0.05) is 224 Å². The first-order valence-corrected chi connectivity index (χ1v) is 27.4. The number of thiophene rings is 1. The molecule has 0 unspecified atom stereocenters. The minimum atomic E-state index is -0.735. The summed E-state index contributed by atoms with van der Waals surface area (Å²) in [5.74, 6) is 0. The fourth-order valence-corrected chi connectivity index (χ4v) is 15.4. The van der Waals surface area contributed by atoms with Crippen LogP contribution in [0.5, 0.6) is 0 Å². The number of rotatable bonds is 7. The summed E-state index contributed by atoms with van der Waals surface area (Å²) in [4.78, 5) is 2.66. The van der Waals surface area contributed by atoms with E-state index in [2.05, 4.69) is 278 Å². The predicted molar refractivity (Wildman–Crippen MR) is 317 cm³/mol. The number of allylic oxidation sites excluding steroid dienone is 4. The van der Waals surface area contributed by atoms with E-state index >= 15 is 0 Å². The van der Waals surface area contributed by atoms with Crippen molar-refractivity contribution in [2.24, 2.45) is 0 Å². The molecule has 1 nitrogen and oxygen atoms in total. The van der Waals surface area contributed by atoms with E-state index in [1.807, 2.05) is 11.3 Å². The molecule has 16 rings (SSSR count). The number of nitrogens with zero attached hydrogens (tertiary/aromatic N) is 1. The molecule has 12 aromatic rings. The second kappa shape index (κ2) is 16.6. The monoisotopic (exact) mass is 981 g/mol. The summed E-state index contributed by atoms with van der Waals surface area (Å²) < 4.78 is 2.55. The Bertz CT molecular complexity index is 4290. The Labute approximate surface area is 447 Å². The molecule has 2 heteroatoms. The second-order valence-corrected chi connectivity index (χ2v) is 21.7. The molecule has 0 saturated heterocycles. The van der Waals surface area contributed by atoms with Gasteiger partial charge in [0.2, 0.25) is 0 Å². The Morgan fingerprint density at radius 1 is 0.421 bits per heavy atom. The molecule has 4 aliphatic carbocycles. The SMILES string of the molecule is c1ccc2c(c#1)-c1c(N(c3cccc4c3C3=C(C=CCC3)C43c4ccccc4-c4ccccc43)c3cccc4c3sc3ccccc34)cccc1C2(c1cccc(-c2ccccc2)c1)c1cccc(-c2ccccc2)c1. The molecule has 0 amide bonds. The largest absolute Gasteiger partial charge is 0.308 e. The number of fused-ring (bicyclic) bond motifs is 15. The summed E-state index contributed by atoms with van der Waals surface area (Å²) in [7, 11) is 0. The lowest BCUT2D eigenvalue weighted by atomic mass is 9.67. The van der Waals surface area contributed by atoms with Gasteiger partial charge in [-0.2, -0.15) is 0 Å². The zero-order valence-corrected chi connectivity index (χ0v) is 42.4. The van der Waals surface area contributed by atoms with Crippen molar-refractivity contribution in [3.63, 3.8) is 0 Å². The molecule has 0 bridgehead atoms. The molecule has 0 atom stereocenters. The van der Waals surface area contributed by atoms with Gasteiger partial charge in [-0.15, -0.1) is 11.3 Å². The van der Waals surface area contributed by atoms with Gasteiger partial charge in [0.25, 0.3) is 0 Å². The molecule has 11 aromatic carbocycles. The predicted octanol–water partition coefficient (Wildman–Crippen LogP) is 19.3. The molecule has 0 aliphatic heterocycles. The molecule has 4 aliphatic rings. The molecule has 1 heterocycles. The van der Waals surface area contributed by atoms with Gasteiger partial charge in [0.05, 0.1) is 32.6 Å². The number of hydrogen-bond donors (Lipinski definition) is 0. The summed E-state index contributed by atoms with van der Waals surface area (Å²) in [6.07, 6.45) is 6.84. The number of anilines is 3. The Balaban J connectivity index is 1.03. The third-order valence-corrected chi connectivity index (χ3v) is 18.3. The summed E-state index contributed by atoms with van der Waals surface area (Å²) >= 11 is 1.89. The fraction of sp³-hybridized carbons (Fsp3) is 0.0541. The summed E-state index contributed by atoms with van der Waals surface area (Å²) in [5.41, 5.74) is 25.0. The van der Waals surface area contributed by atoms with E-state index < -0.39 is 10.8 Å². The van der Waals surface area contributed by atoms with Crippen LogP contribution in [0.1, 0.15) is 57.3 Å². The minimum Gasteiger partial charge on any atom is -0.308 e. The second-order valence-electron chi connectivity index (χ2n) is 20.7. The van der Waals surface area contributed by atoms with E-state index in [4.69, 9.17) is 0 Å². The maximum Gasteiger partial charge on any atom is 0.0722 e. The van der Waals surface area contributed by atoms with Crippen molar-refractivity contribution in [3.05, 3.63) is 323 Å². The maximum absolute atomic E-state index is 3.84. The van der Waals surface area contributed by atoms with E-state index in [0.29, 0.717) is 0 Å². The number of benzene rings is 10. The van der Waals surface area contributed by atoms with Crippen molar-refractivity contribution in [2.45, 2.75) is 23.7 Å². The minimum absolute atomic E-state index is 0.462. The maximum atomic E-state index is 3.84. The lowest BCUT2D eigenvalue weighted by Crippen LogP contribution is -2.29. The zero-order valence-electron chi connectivity index (χ0n) is 41.6. The van der Waals surface area contributed by atoms with Crippen molar-refractivity contribution < 1.29 is 0 Å². The summed E-state index contributed by atoms with van der Waals surface area (Å²) in [5, 5.41) is 2.55. The summed E-state index contributed by atoms with van der Waals surface area (Å²) in [6, 6.07) is 101.